The second-order valence-electron chi connectivity index (χ2n) is 6.28. The highest BCUT2D eigenvalue weighted by atomic mass is 32.2. The molecule has 1 amide bonds. The Balaban J connectivity index is 1.67. The third-order valence-corrected chi connectivity index (χ3v) is 5.58. The van der Waals surface area contributed by atoms with E-state index in [0.717, 1.165) is 37.9 Å². The number of rotatable bonds is 6. The largest absolute Gasteiger partial charge is 0.468 e. The summed E-state index contributed by atoms with van der Waals surface area (Å²) in [6.45, 7) is 2.43. The molecule has 0 bridgehead atoms. The van der Waals surface area contributed by atoms with Gasteiger partial charge in [0.05, 0.1) is 17.2 Å². The van der Waals surface area contributed by atoms with Crippen molar-refractivity contribution in [2.24, 2.45) is 0 Å². The predicted molar refractivity (Wildman–Crippen MR) is 94.1 cm³/mol. The van der Waals surface area contributed by atoms with Crippen molar-refractivity contribution in [3.63, 3.8) is 0 Å². The van der Waals surface area contributed by atoms with Gasteiger partial charge in [-0.25, -0.2) is 8.42 Å². The number of carbonyl (C=O) groups is 1. The summed E-state index contributed by atoms with van der Waals surface area (Å²) in [5, 5.41) is 2.93. The fourth-order valence-corrected chi connectivity index (χ4v) is 3.72. The van der Waals surface area contributed by atoms with Crippen LogP contribution in [0.3, 0.4) is 0 Å². The lowest BCUT2D eigenvalue weighted by Crippen LogP contribution is -2.36. The molecule has 1 N–H and O–H groups in total. The number of nitrogens with zero attached hydrogens (tertiary/aromatic N) is 1. The summed E-state index contributed by atoms with van der Waals surface area (Å²) in [4.78, 5) is 14.9. The van der Waals surface area contributed by atoms with E-state index in [-0.39, 0.29) is 16.8 Å². The highest BCUT2D eigenvalue weighted by Crippen LogP contribution is 2.25. The van der Waals surface area contributed by atoms with Crippen LogP contribution in [-0.2, 0) is 9.84 Å². The lowest BCUT2D eigenvalue weighted by molar-refractivity contribution is 0.0933. The molecule has 1 saturated heterocycles. The zero-order chi connectivity index (χ0) is 17.9. The van der Waals surface area contributed by atoms with Crippen molar-refractivity contribution >= 4 is 15.7 Å². The molecule has 0 spiro atoms. The van der Waals surface area contributed by atoms with Gasteiger partial charge in [0.2, 0.25) is 0 Å². The second kappa shape index (κ2) is 7.41. The Hall–Kier alpha value is -2.12. The highest BCUT2D eigenvalue weighted by molar-refractivity contribution is 7.90. The molecule has 3 rings (SSSR count). The maximum absolute atomic E-state index is 12.4. The number of nitrogens with one attached hydrogen (secondary N) is 1. The van der Waals surface area contributed by atoms with Crippen LogP contribution in [0, 0.1) is 0 Å². The number of hydrogen-bond acceptors (Lipinski definition) is 5. The summed E-state index contributed by atoms with van der Waals surface area (Å²) in [5.41, 5.74) is 0.437. The quantitative estimate of drug-likeness (QED) is 0.853. The number of furan rings is 1. The van der Waals surface area contributed by atoms with Gasteiger partial charge in [-0.3, -0.25) is 9.69 Å². The first-order valence-electron chi connectivity index (χ1n) is 8.31. The molecule has 1 fully saturated rings. The summed E-state index contributed by atoms with van der Waals surface area (Å²) in [7, 11) is -3.26. The molecular formula is C18H22N2O4S. The van der Waals surface area contributed by atoms with Gasteiger partial charge >= 0.3 is 0 Å². The molecular weight excluding hydrogens is 340 g/mol. The van der Waals surface area contributed by atoms with Crippen molar-refractivity contribution in [2.45, 2.75) is 23.8 Å². The van der Waals surface area contributed by atoms with E-state index in [1.54, 1.807) is 6.26 Å². The fourth-order valence-electron chi connectivity index (χ4n) is 3.09. The molecule has 0 aliphatic carbocycles. The first-order valence-corrected chi connectivity index (χ1v) is 10.2. The van der Waals surface area contributed by atoms with Crippen LogP contribution < -0.4 is 5.32 Å². The van der Waals surface area contributed by atoms with Crippen LogP contribution >= 0.6 is 0 Å². The van der Waals surface area contributed by atoms with Gasteiger partial charge in [0, 0.05) is 18.4 Å². The van der Waals surface area contributed by atoms with Crippen molar-refractivity contribution in [3.05, 3.63) is 54.0 Å². The molecule has 1 aromatic carbocycles. The molecule has 7 heteroatoms. The monoisotopic (exact) mass is 362 g/mol. The van der Waals surface area contributed by atoms with Gasteiger partial charge in [0.1, 0.15) is 5.76 Å². The summed E-state index contributed by atoms with van der Waals surface area (Å²) in [5.74, 6) is 0.616. The minimum atomic E-state index is -3.26. The SMILES string of the molecule is CS(=O)(=O)c1ccc(C(=O)NCC(c2ccco2)N2CCCC2)cc1. The first-order chi connectivity index (χ1) is 11.9. The van der Waals surface area contributed by atoms with Crippen molar-refractivity contribution in [3.8, 4) is 0 Å². The molecule has 1 aliphatic heterocycles. The van der Waals surface area contributed by atoms with E-state index in [2.05, 4.69) is 10.2 Å². The molecule has 1 unspecified atom stereocenters. The third kappa shape index (κ3) is 4.29. The van der Waals surface area contributed by atoms with E-state index in [4.69, 9.17) is 4.42 Å². The van der Waals surface area contributed by atoms with Crippen LogP contribution in [-0.4, -0.2) is 45.1 Å². The Labute approximate surface area is 147 Å². The van der Waals surface area contributed by atoms with E-state index >= 15 is 0 Å². The number of benzene rings is 1. The maximum atomic E-state index is 12.4. The van der Waals surface area contributed by atoms with Gasteiger partial charge in [-0.15, -0.1) is 0 Å². The van der Waals surface area contributed by atoms with Crippen LogP contribution in [0.4, 0.5) is 0 Å². The van der Waals surface area contributed by atoms with Gasteiger partial charge in [0.25, 0.3) is 5.91 Å². The number of sulfone groups is 1. The average Bonchev–Trinajstić information content (AvgIpc) is 3.28. The Morgan fingerprint density at radius 2 is 1.88 bits per heavy atom. The molecule has 1 aliphatic rings. The molecule has 25 heavy (non-hydrogen) atoms. The van der Waals surface area contributed by atoms with Crippen LogP contribution in [0.15, 0.2) is 52.0 Å². The smallest absolute Gasteiger partial charge is 0.251 e. The second-order valence-corrected chi connectivity index (χ2v) is 8.30. The van der Waals surface area contributed by atoms with Gasteiger partial charge < -0.3 is 9.73 Å². The summed E-state index contributed by atoms with van der Waals surface area (Å²) in [6, 6.07) is 9.76. The van der Waals surface area contributed by atoms with Crippen LogP contribution in [0.25, 0.3) is 0 Å². The van der Waals surface area contributed by atoms with E-state index in [9.17, 15) is 13.2 Å². The van der Waals surface area contributed by atoms with Gasteiger partial charge in [-0.05, 0) is 62.3 Å². The number of hydrogen-bond donors (Lipinski definition) is 1. The average molecular weight is 362 g/mol. The normalized spacial score (nSPS) is 16.7. The number of carbonyl (C=O) groups excluding carboxylic acids is 1. The summed E-state index contributed by atoms with van der Waals surface area (Å²) >= 11 is 0. The first kappa shape index (κ1) is 17.7. The molecule has 1 aromatic heterocycles. The number of amides is 1. The van der Waals surface area contributed by atoms with E-state index in [1.807, 2.05) is 12.1 Å². The van der Waals surface area contributed by atoms with Gasteiger partial charge in [0.15, 0.2) is 9.84 Å². The van der Waals surface area contributed by atoms with E-state index in [0.29, 0.717) is 12.1 Å². The van der Waals surface area contributed by atoms with E-state index in [1.165, 1.54) is 24.3 Å². The molecule has 134 valence electrons. The highest BCUT2D eigenvalue weighted by Gasteiger charge is 2.26. The molecule has 2 aromatic rings. The Bertz CT molecular complexity index is 807. The molecule has 2 heterocycles. The predicted octanol–water partition coefficient (Wildman–Crippen LogP) is 2.25. The Morgan fingerprint density at radius 3 is 2.44 bits per heavy atom. The van der Waals surface area contributed by atoms with Crippen molar-refractivity contribution in [1.82, 2.24) is 10.2 Å². The van der Waals surface area contributed by atoms with Gasteiger partial charge in [-0.1, -0.05) is 0 Å². The number of likely N-dealkylation sites (tertiary alicyclic amines) is 1. The van der Waals surface area contributed by atoms with Crippen LogP contribution in [0.1, 0.15) is 35.0 Å². The molecule has 6 nitrogen and oxygen atoms in total. The van der Waals surface area contributed by atoms with Crippen molar-refractivity contribution in [2.75, 3.05) is 25.9 Å². The third-order valence-electron chi connectivity index (χ3n) is 4.45. The minimum absolute atomic E-state index is 0.0109. The van der Waals surface area contributed by atoms with Crippen LogP contribution in [0.5, 0.6) is 0 Å². The summed E-state index contributed by atoms with van der Waals surface area (Å²) < 4.78 is 28.5. The standard InChI is InChI=1S/C18H22N2O4S/c1-25(22,23)15-8-6-14(7-9-15)18(21)19-13-16(17-5-4-12-24-17)20-10-2-3-11-20/h4-9,12,16H,2-3,10-11,13H2,1H3,(H,19,21). The Morgan fingerprint density at radius 1 is 1.20 bits per heavy atom. The lowest BCUT2D eigenvalue weighted by Gasteiger charge is -2.26. The zero-order valence-electron chi connectivity index (χ0n) is 14.1. The molecule has 1 atom stereocenters. The van der Waals surface area contributed by atoms with Gasteiger partial charge in [-0.2, -0.15) is 0 Å². The Kier molecular flexibility index (Phi) is 5.24. The fraction of sp³-hybridized carbons (Fsp3) is 0.389. The summed E-state index contributed by atoms with van der Waals surface area (Å²) in [6.07, 6.45) is 5.09. The maximum Gasteiger partial charge on any atom is 0.251 e. The lowest BCUT2D eigenvalue weighted by atomic mass is 10.1. The van der Waals surface area contributed by atoms with Crippen LogP contribution in [0.2, 0.25) is 0 Å². The van der Waals surface area contributed by atoms with Crippen molar-refractivity contribution < 1.29 is 17.6 Å². The molecule has 0 radical (unpaired) electrons. The topological polar surface area (TPSA) is 79.6 Å². The zero-order valence-corrected chi connectivity index (χ0v) is 15.0. The van der Waals surface area contributed by atoms with Crippen molar-refractivity contribution in [1.29, 1.82) is 0 Å². The molecule has 0 saturated carbocycles. The van der Waals surface area contributed by atoms with E-state index < -0.39 is 9.84 Å². The minimum Gasteiger partial charge on any atom is -0.468 e.